The van der Waals surface area contributed by atoms with Gasteiger partial charge in [-0.05, 0) is 18.4 Å². The van der Waals surface area contributed by atoms with Gasteiger partial charge in [0.2, 0.25) is 0 Å². The molecule has 1 heterocycles. The van der Waals surface area contributed by atoms with Gasteiger partial charge in [0.1, 0.15) is 12.4 Å². The molecule has 0 saturated carbocycles. The molecule has 1 fully saturated rings. The minimum atomic E-state index is -0.179. The summed E-state index contributed by atoms with van der Waals surface area (Å²) in [7, 11) is 0. The highest BCUT2D eigenvalue weighted by Crippen LogP contribution is 2.30. The van der Waals surface area contributed by atoms with Crippen molar-refractivity contribution in [2.24, 2.45) is 0 Å². The second-order valence-corrected chi connectivity index (χ2v) is 4.13. The van der Waals surface area contributed by atoms with Crippen LogP contribution in [0.2, 0.25) is 0 Å². The normalized spacial score (nSPS) is 27.5. The van der Waals surface area contributed by atoms with Gasteiger partial charge in [-0.3, -0.25) is 0 Å². The maximum Gasteiger partial charge on any atom is 0.148 e. The highest BCUT2D eigenvalue weighted by molar-refractivity contribution is 5.56. The molecule has 0 aliphatic carbocycles. The van der Waals surface area contributed by atoms with Crippen molar-refractivity contribution in [2.45, 2.75) is 37.9 Å². The number of rotatable bonds is 3. The summed E-state index contributed by atoms with van der Waals surface area (Å²) in [6.07, 6.45) is 2.78. The lowest BCUT2D eigenvalue weighted by molar-refractivity contribution is -0.117. The van der Waals surface area contributed by atoms with Crippen molar-refractivity contribution < 1.29 is 9.53 Å². The smallest absolute Gasteiger partial charge is 0.148 e. The maximum atomic E-state index is 10.6. The SMILES string of the molecule is CC(c1ccccc1)C1CCC(C=O)O1. The van der Waals surface area contributed by atoms with E-state index in [0.29, 0.717) is 5.92 Å². The molecule has 0 N–H and O–H groups in total. The topological polar surface area (TPSA) is 26.3 Å². The van der Waals surface area contributed by atoms with Crippen molar-refractivity contribution in [2.75, 3.05) is 0 Å². The van der Waals surface area contributed by atoms with Crippen molar-refractivity contribution >= 4 is 6.29 Å². The molecule has 1 aromatic carbocycles. The second-order valence-electron chi connectivity index (χ2n) is 4.13. The largest absolute Gasteiger partial charge is 0.367 e. The predicted octanol–water partition coefficient (Wildman–Crippen LogP) is 2.54. The van der Waals surface area contributed by atoms with Crippen LogP contribution in [0.25, 0.3) is 0 Å². The predicted molar refractivity (Wildman–Crippen MR) is 58.8 cm³/mol. The minimum Gasteiger partial charge on any atom is -0.367 e. The van der Waals surface area contributed by atoms with Gasteiger partial charge in [0.05, 0.1) is 6.10 Å². The Hall–Kier alpha value is -1.15. The van der Waals surface area contributed by atoms with Gasteiger partial charge >= 0.3 is 0 Å². The van der Waals surface area contributed by atoms with Crippen LogP contribution in [-0.4, -0.2) is 18.5 Å². The summed E-state index contributed by atoms with van der Waals surface area (Å²) >= 11 is 0. The molecular weight excluding hydrogens is 188 g/mol. The number of benzene rings is 1. The zero-order chi connectivity index (χ0) is 10.7. The van der Waals surface area contributed by atoms with Gasteiger partial charge in [0.15, 0.2) is 0 Å². The Morgan fingerprint density at radius 1 is 1.33 bits per heavy atom. The van der Waals surface area contributed by atoms with E-state index in [1.165, 1.54) is 5.56 Å². The number of carbonyl (C=O) groups is 1. The van der Waals surface area contributed by atoms with E-state index >= 15 is 0 Å². The van der Waals surface area contributed by atoms with E-state index in [9.17, 15) is 4.79 Å². The Kier molecular flexibility index (Phi) is 3.17. The van der Waals surface area contributed by atoms with Gasteiger partial charge in [0.25, 0.3) is 0 Å². The lowest BCUT2D eigenvalue weighted by Crippen LogP contribution is -2.17. The fourth-order valence-electron chi connectivity index (χ4n) is 2.13. The Labute approximate surface area is 90.3 Å². The zero-order valence-electron chi connectivity index (χ0n) is 8.93. The Morgan fingerprint density at radius 3 is 2.67 bits per heavy atom. The van der Waals surface area contributed by atoms with Gasteiger partial charge in [-0.1, -0.05) is 37.3 Å². The molecule has 1 aliphatic rings. The number of carbonyl (C=O) groups excluding carboxylic acids is 1. The van der Waals surface area contributed by atoms with Crippen LogP contribution in [0, 0.1) is 0 Å². The molecule has 0 spiro atoms. The van der Waals surface area contributed by atoms with Crippen LogP contribution in [0.3, 0.4) is 0 Å². The molecule has 2 heteroatoms. The number of hydrogen-bond donors (Lipinski definition) is 0. The van der Waals surface area contributed by atoms with Gasteiger partial charge in [-0.25, -0.2) is 0 Å². The molecule has 2 rings (SSSR count). The third kappa shape index (κ3) is 2.26. The van der Waals surface area contributed by atoms with E-state index in [0.717, 1.165) is 19.1 Å². The molecule has 0 amide bonds. The molecule has 3 atom stereocenters. The zero-order valence-corrected chi connectivity index (χ0v) is 8.93. The Morgan fingerprint density at radius 2 is 2.07 bits per heavy atom. The lowest BCUT2D eigenvalue weighted by Gasteiger charge is -2.19. The van der Waals surface area contributed by atoms with E-state index in [4.69, 9.17) is 4.74 Å². The Bertz CT molecular complexity index is 321. The van der Waals surface area contributed by atoms with Crippen molar-refractivity contribution in [3.63, 3.8) is 0 Å². The fourth-order valence-corrected chi connectivity index (χ4v) is 2.13. The van der Waals surface area contributed by atoms with Crippen molar-refractivity contribution in [3.05, 3.63) is 35.9 Å². The van der Waals surface area contributed by atoms with Gasteiger partial charge in [0, 0.05) is 5.92 Å². The third-order valence-electron chi connectivity index (χ3n) is 3.12. The average Bonchev–Trinajstić information content (AvgIpc) is 2.78. The highest BCUT2D eigenvalue weighted by Gasteiger charge is 2.29. The molecule has 1 aromatic rings. The second kappa shape index (κ2) is 4.58. The van der Waals surface area contributed by atoms with Crippen LogP contribution in [0.4, 0.5) is 0 Å². The molecule has 2 nitrogen and oxygen atoms in total. The standard InChI is InChI=1S/C13H16O2/c1-10(11-5-3-2-4-6-11)13-8-7-12(9-14)15-13/h2-6,9-10,12-13H,7-8H2,1H3. The quantitative estimate of drug-likeness (QED) is 0.707. The van der Waals surface area contributed by atoms with Crippen LogP contribution in [0.5, 0.6) is 0 Å². The van der Waals surface area contributed by atoms with E-state index in [1.807, 2.05) is 18.2 Å². The first kappa shape index (κ1) is 10.4. The molecule has 0 aromatic heterocycles. The Balaban J connectivity index is 2.03. The first-order valence-electron chi connectivity index (χ1n) is 5.47. The van der Waals surface area contributed by atoms with Crippen LogP contribution in [-0.2, 0) is 9.53 Å². The van der Waals surface area contributed by atoms with E-state index in [2.05, 4.69) is 19.1 Å². The maximum absolute atomic E-state index is 10.6. The van der Waals surface area contributed by atoms with Crippen molar-refractivity contribution in [1.29, 1.82) is 0 Å². The lowest BCUT2D eigenvalue weighted by atomic mass is 9.94. The summed E-state index contributed by atoms with van der Waals surface area (Å²) in [5.41, 5.74) is 1.29. The first-order chi connectivity index (χ1) is 7.31. The minimum absolute atomic E-state index is 0.179. The summed E-state index contributed by atoms with van der Waals surface area (Å²) in [6.45, 7) is 2.16. The summed E-state index contributed by atoms with van der Waals surface area (Å²) in [6, 6.07) is 10.3. The molecule has 1 aliphatic heterocycles. The van der Waals surface area contributed by atoms with E-state index in [-0.39, 0.29) is 12.2 Å². The molecule has 80 valence electrons. The van der Waals surface area contributed by atoms with Crippen LogP contribution < -0.4 is 0 Å². The van der Waals surface area contributed by atoms with E-state index in [1.54, 1.807) is 0 Å². The molecule has 15 heavy (non-hydrogen) atoms. The number of ether oxygens (including phenoxy) is 1. The summed E-state index contributed by atoms with van der Waals surface area (Å²) in [5.74, 6) is 0.371. The molecule has 1 saturated heterocycles. The first-order valence-corrected chi connectivity index (χ1v) is 5.47. The molecular formula is C13H16O2. The fraction of sp³-hybridized carbons (Fsp3) is 0.462. The summed E-state index contributed by atoms with van der Waals surface area (Å²) < 4.78 is 5.66. The van der Waals surface area contributed by atoms with Gasteiger partial charge in [-0.15, -0.1) is 0 Å². The van der Waals surface area contributed by atoms with Crippen LogP contribution in [0.15, 0.2) is 30.3 Å². The van der Waals surface area contributed by atoms with Crippen molar-refractivity contribution in [1.82, 2.24) is 0 Å². The summed E-state index contributed by atoms with van der Waals surface area (Å²) in [4.78, 5) is 10.6. The van der Waals surface area contributed by atoms with Crippen molar-refractivity contribution in [3.8, 4) is 0 Å². The molecule has 3 unspecified atom stereocenters. The number of hydrogen-bond acceptors (Lipinski definition) is 2. The molecule has 0 bridgehead atoms. The number of aldehydes is 1. The third-order valence-corrected chi connectivity index (χ3v) is 3.12. The van der Waals surface area contributed by atoms with E-state index < -0.39 is 0 Å². The highest BCUT2D eigenvalue weighted by atomic mass is 16.5. The van der Waals surface area contributed by atoms with Crippen LogP contribution in [0.1, 0.15) is 31.2 Å². The van der Waals surface area contributed by atoms with Crippen LogP contribution >= 0.6 is 0 Å². The summed E-state index contributed by atoms with van der Waals surface area (Å²) in [5, 5.41) is 0. The molecule has 0 radical (unpaired) electrons. The average molecular weight is 204 g/mol. The van der Waals surface area contributed by atoms with Gasteiger partial charge < -0.3 is 9.53 Å². The monoisotopic (exact) mass is 204 g/mol. The van der Waals surface area contributed by atoms with Gasteiger partial charge in [-0.2, -0.15) is 0 Å².